The van der Waals surface area contributed by atoms with Gasteiger partial charge in [-0.1, -0.05) is 51.1 Å². The van der Waals surface area contributed by atoms with Gasteiger partial charge in [-0.15, -0.1) is 0 Å². The van der Waals surface area contributed by atoms with Gasteiger partial charge in [-0.2, -0.15) is 0 Å². The Morgan fingerprint density at radius 3 is 1.91 bits per heavy atom. The lowest BCUT2D eigenvalue weighted by Crippen LogP contribution is -2.43. The van der Waals surface area contributed by atoms with Gasteiger partial charge in [-0.25, -0.2) is 0 Å². The van der Waals surface area contributed by atoms with Crippen molar-refractivity contribution in [3.05, 3.63) is 35.9 Å². The Bertz CT molecular complexity index is 1110. The maximum Gasteiger partial charge on any atom is 0.311 e. The maximum atomic E-state index is 14.1. The largest absolute Gasteiger partial charge is 0.465 e. The summed E-state index contributed by atoms with van der Waals surface area (Å²) in [6.07, 6.45) is 3.85. The summed E-state index contributed by atoms with van der Waals surface area (Å²) in [5.41, 5.74) is 1.04. The van der Waals surface area contributed by atoms with Gasteiger partial charge in [-0.3, -0.25) is 19.6 Å². The fourth-order valence-corrected chi connectivity index (χ4v) is 6.36. The molecule has 1 rings (SSSR count). The number of hydrogen-bond donors (Lipinski definition) is 1. The van der Waals surface area contributed by atoms with E-state index in [1.807, 2.05) is 66.7 Å². The average molecular weight is 658 g/mol. The SMILES string of the molecule is CCNCCCOC(=O)C(C)(C)CC(C)(CC(C)(CC(C)C(C)OCCCN=C(C)C)C(=O)OCCCN=C(C)C)c1ccccc1. The van der Waals surface area contributed by atoms with Crippen LogP contribution >= 0.6 is 0 Å². The molecule has 0 aliphatic rings. The van der Waals surface area contributed by atoms with Gasteiger partial charge in [-0.05, 0) is 117 Å². The van der Waals surface area contributed by atoms with E-state index in [1.165, 1.54) is 0 Å². The quantitative estimate of drug-likeness (QED) is 0.0687. The normalized spacial score (nSPS) is 15.5. The predicted octanol–water partition coefficient (Wildman–Crippen LogP) is 8.02. The first kappa shape index (κ1) is 42.4. The van der Waals surface area contributed by atoms with Crippen LogP contribution in [0.3, 0.4) is 0 Å². The minimum Gasteiger partial charge on any atom is -0.465 e. The molecule has 8 heteroatoms. The smallest absolute Gasteiger partial charge is 0.311 e. The first-order valence-electron chi connectivity index (χ1n) is 17.7. The molecular formula is C39H67N3O5. The summed E-state index contributed by atoms with van der Waals surface area (Å²) in [5, 5.41) is 3.27. The summed E-state index contributed by atoms with van der Waals surface area (Å²) in [7, 11) is 0. The van der Waals surface area contributed by atoms with Crippen molar-refractivity contribution < 1.29 is 23.8 Å². The summed E-state index contributed by atoms with van der Waals surface area (Å²) in [6, 6.07) is 10.2. The van der Waals surface area contributed by atoms with Gasteiger partial charge >= 0.3 is 11.9 Å². The van der Waals surface area contributed by atoms with Crippen LogP contribution in [0, 0.1) is 16.7 Å². The van der Waals surface area contributed by atoms with E-state index < -0.39 is 16.2 Å². The lowest BCUT2D eigenvalue weighted by molar-refractivity contribution is -0.159. The van der Waals surface area contributed by atoms with Crippen molar-refractivity contribution in [1.29, 1.82) is 0 Å². The van der Waals surface area contributed by atoms with E-state index in [0.29, 0.717) is 52.0 Å². The third-order valence-corrected chi connectivity index (χ3v) is 8.76. The monoisotopic (exact) mass is 658 g/mol. The van der Waals surface area contributed by atoms with E-state index >= 15 is 0 Å². The van der Waals surface area contributed by atoms with E-state index in [2.05, 4.69) is 55.1 Å². The Labute approximate surface area is 286 Å². The van der Waals surface area contributed by atoms with Crippen molar-refractivity contribution in [2.45, 2.75) is 126 Å². The molecular weight excluding hydrogens is 590 g/mol. The Kier molecular flexibility index (Phi) is 19.3. The number of carbonyl (C=O) groups is 2. The number of nitrogens with zero attached hydrogens (tertiary/aromatic N) is 2. The van der Waals surface area contributed by atoms with Gasteiger partial charge in [0.25, 0.3) is 0 Å². The first-order valence-corrected chi connectivity index (χ1v) is 17.7. The molecule has 0 heterocycles. The number of carbonyl (C=O) groups excluding carboxylic acids is 2. The summed E-state index contributed by atoms with van der Waals surface area (Å²) in [5.74, 6) is -0.344. The molecule has 1 aromatic carbocycles. The Hall–Kier alpha value is -2.58. The minimum atomic E-state index is -0.832. The minimum absolute atomic E-state index is 0.0488. The van der Waals surface area contributed by atoms with E-state index in [1.54, 1.807) is 0 Å². The lowest BCUT2D eigenvalue weighted by atomic mass is 9.61. The predicted molar refractivity (Wildman–Crippen MR) is 196 cm³/mol. The van der Waals surface area contributed by atoms with Crippen LogP contribution in [0.15, 0.2) is 40.3 Å². The summed E-state index contributed by atoms with van der Waals surface area (Å²) in [4.78, 5) is 36.5. The molecule has 4 unspecified atom stereocenters. The molecule has 268 valence electrons. The van der Waals surface area contributed by atoms with Crippen molar-refractivity contribution in [3.63, 3.8) is 0 Å². The molecule has 0 radical (unpaired) electrons. The highest BCUT2D eigenvalue weighted by molar-refractivity contribution is 5.79. The Balaban J connectivity index is 3.30. The highest BCUT2D eigenvalue weighted by atomic mass is 16.5. The van der Waals surface area contributed by atoms with Gasteiger partial charge in [0, 0.05) is 37.5 Å². The van der Waals surface area contributed by atoms with Crippen molar-refractivity contribution in [2.75, 3.05) is 46.0 Å². The zero-order valence-electron chi connectivity index (χ0n) is 31.7. The summed E-state index contributed by atoms with van der Waals surface area (Å²) >= 11 is 0. The van der Waals surface area contributed by atoms with Crippen LogP contribution in [-0.2, 0) is 29.2 Å². The third-order valence-electron chi connectivity index (χ3n) is 8.76. The topological polar surface area (TPSA) is 98.6 Å². The van der Waals surface area contributed by atoms with Crippen molar-refractivity contribution in [1.82, 2.24) is 5.32 Å². The van der Waals surface area contributed by atoms with Crippen LogP contribution in [0.5, 0.6) is 0 Å². The van der Waals surface area contributed by atoms with Gasteiger partial charge < -0.3 is 19.5 Å². The summed E-state index contributed by atoms with van der Waals surface area (Å²) < 4.78 is 18.0. The Morgan fingerprint density at radius 2 is 1.34 bits per heavy atom. The molecule has 47 heavy (non-hydrogen) atoms. The second kappa shape index (κ2) is 21.4. The first-order chi connectivity index (χ1) is 22.1. The Morgan fingerprint density at radius 1 is 0.787 bits per heavy atom. The van der Waals surface area contributed by atoms with E-state index in [4.69, 9.17) is 14.2 Å². The number of aliphatic imine (C=N–C) groups is 2. The van der Waals surface area contributed by atoms with E-state index in [0.717, 1.165) is 49.5 Å². The van der Waals surface area contributed by atoms with Gasteiger partial charge in [0.1, 0.15) is 0 Å². The molecule has 0 aromatic heterocycles. The fourth-order valence-electron chi connectivity index (χ4n) is 6.36. The highest BCUT2D eigenvalue weighted by Crippen LogP contribution is 2.48. The van der Waals surface area contributed by atoms with Crippen LogP contribution in [0.2, 0.25) is 0 Å². The molecule has 0 aliphatic carbocycles. The molecule has 0 spiro atoms. The fraction of sp³-hybridized carbons (Fsp3) is 0.744. The molecule has 4 atom stereocenters. The van der Waals surface area contributed by atoms with E-state index in [-0.39, 0.29) is 24.0 Å². The van der Waals surface area contributed by atoms with Crippen LogP contribution in [0.1, 0.15) is 120 Å². The molecule has 8 nitrogen and oxygen atoms in total. The van der Waals surface area contributed by atoms with Crippen LogP contribution in [0.4, 0.5) is 0 Å². The van der Waals surface area contributed by atoms with Crippen LogP contribution < -0.4 is 5.32 Å². The van der Waals surface area contributed by atoms with Crippen LogP contribution in [-0.4, -0.2) is 75.5 Å². The number of rotatable bonds is 24. The van der Waals surface area contributed by atoms with Gasteiger partial charge in [0.15, 0.2) is 0 Å². The average Bonchev–Trinajstić information content (AvgIpc) is 2.99. The molecule has 1 aromatic rings. The molecule has 0 aliphatic heterocycles. The number of ether oxygens (including phenoxy) is 3. The lowest BCUT2D eigenvalue weighted by Gasteiger charge is -2.43. The molecule has 0 saturated carbocycles. The molecule has 0 amide bonds. The number of benzene rings is 1. The maximum absolute atomic E-state index is 14.1. The second-order valence-electron chi connectivity index (χ2n) is 14.8. The molecule has 0 bridgehead atoms. The number of nitrogens with one attached hydrogen (secondary N) is 1. The van der Waals surface area contributed by atoms with Crippen molar-refractivity contribution in [3.8, 4) is 0 Å². The molecule has 1 N–H and O–H groups in total. The zero-order valence-corrected chi connectivity index (χ0v) is 31.7. The standard InChI is InChI=1S/C39H67N3O5/c1-12-40-21-16-25-46-35(43)37(8,9)28-39(11,34-19-14-13-15-20-34)29-38(10,36(44)47-26-18-23-42-31(4)5)27-32(6)33(7)45-24-17-22-41-30(2)3/h13-15,19-20,32-33,40H,12,16-18,21-29H2,1-11H3. The van der Waals surface area contributed by atoms with Crippen molar-refractivity contribution >= 4 is 23.4 Å². The third kappa shape index (κ3) is 16.4. The molecule has 0 saturated heterocycles. The number of esters is 2. The second-order valence-corrected chi connectivity index (χ2v) is 14.8. The zero-order chi connectivity index (χ0) is 35.5. The van der Waals surface area contributed by atoms with Gasteiger partial charge in [0.05, 0.1) is 30.1 Å². The van der Waals surface area contributed by atoms with Crippen molar-refractivity contribution in [2.24, 2.45) is 26.7 Å². The van der Waals surface area contributed by atoms with Crippen LogP contribution in [0.25, 0.3) is 0 Å². The van der Waals surface area contributed by atoms with Gasteiger partial charge in [0.2, 0.25) is 0 Å². The highest BCUT2D eigenvalue weighted by Gasteiger charge is 2.47. The summed E-state index contributed by atoms with van der Waals surface area (Å²) in [6.45, 7) is 26.7. The van der Waals surface area contributed by atoms with E-state index in [9.17, 15) is 9.59 Å². The molecule has 0 fully saturated rings. The number of hydrogen-bond acceptors (Lipinski definition) is 8.